The third-order valence-corrected chi connectivity index (χ3v) is 6.15. The second-order valence-electron chi connectivity index (χ2n) is 8.44. The first-order valence-corrected chi connectivity index (χ1v) is 11.1. The molecule has 0 unspecified atom stereocenters. The molecular weight excluding hydrogens is 380 g/mol. The Balaban J connectivity index is 1.52. The van der Waals surface area contributed by atoms with Gasteiger partial charge in [0.1, 0.15) is 0 Å². The van der Waals surface area contributed by atoms with Gasteiger partial charge in [0, 0.05) is 57.4 Å². The van der Waals surface area contributed by atoms with Crippen LogP contribution >= 0.6 is 0 Å². The van der Waals surface area contributed by atoms with Gasteiger partial charge in [-0.05, 0) is 50.9 Å². The van der Waals surface area contributed by atoms with E-state index in [-0.39, 0.29) is 5.91 Å². The largest absolute Gasteiger partial charge is 0.335 e. The van der Waals surface area contributed by atoms with Crippen LogP contribution in [0, 0.1) is 0 Å². The molecule has 7 heteroatoms. The lowest BCUT2D eigenvalue weighted by Gasteiger charge is -2.35. The zero-order valence-corrected chi connectivity index (χ0v) is 18.5. The molecule has 2 aliphatic heterocycles. The maximum absolute atomic E-state index is 12.9. The number of amides is 3. The Bertz CT molecular complexity index is 748. The van der Waals surface area contributed by atoms with E-state index in [4.69, 9.17) is 0 Å². The molecule has 1 aromatic rings. The van der Waals surface area contributed by atoms with E-state index in [0.717, 1.165) is 25.9 Å². The van der Waals surface area contributed by atoms with Gasteiger partial charge in [0.15, 0.2) is 0 Å². The van der Waals surface area contributed by atoms with Crippen LogP contribution in [-0.2, 0) is 16.1 Å². The average molecular weight is 415 g/mol. The van der Waals surface area contributed by atoms with Gasteiger partial charge < -0.3 is 14.7 Å². The third kappa shape index (κ3) is 5.19. The number of piperazine rings is 1. The molecule has 0 spiro atoms. The standard InChI is InChI=1S/C23H34N4O3/c1-4-24(18(2)3)17-19-7-9-20(10-8-19)21(28)26-13-15-27(16-14-26)23(30)22(29)25-11-5-6-12-25/h7-10,18H,4-6,11-17H2,1-3H3. The molecule has 0 bridgehead atoms. The number of nitrogens with zero attached hydrogens (tertiary/aromatic N) is 4. The topological polar surface area (TPSA) is 64.2 Å². The van der Waals surface area contributed by atoms with Crippen LogP contribution in [0.5, 0.6) is 0 Å². The van der Waals surface area contributed by atoms with Crippen molar-refractivity contribution in [2.45, 2.75) is 46.2 Å². The van der Waals surface area contributed by atoms with E-state index in [9.17, 15) is 14.4 Å². The van der Waals surface area contributed by atoms with Crippen LogP contribution in [-0.4, -0.2) is 89.2 Å². The SMILES string of the molecule is CCN(Cc1ccc(C(=O)N2CCN(C(=O)C(=O)N3CCCC3)CC2)cc1)C(C)C. The first-order chi connectivity index (χ1) is 14.4. The van der Waals surface area contributed by atoms with E-state index in [1.165, 1.54) is 5.56 Å². The van der Waals surface area contributed by atoms with Crippen molar-refractivity contribution in [1.82, 2.24) is 19.6 Å². The molecule has 7 nitrogen and oxygen atoms in total. The van der Waals surface area contributed by atoms with E-state index in [2.05, 4.69) is 25.7 Å². The lowest BCUT2D eigenvalue weighted by Crippen LogP contribution is -2.54. The fraction of sp³-hybridized carbons (Fsp3) is 0.609. The molecule has 3 amide bonds. The minimum atomic E-state index is -0.431. The van der Waals surface area contributed by atoms with E-state index < -0.39 is 11.8 Å². The lowest BCUT2D eigenvalue weighted by atomic mass is 10.1. The highest BCUT2D eigenvalue weighted by atomic mass is 16.2. The molecule has 0 aromatic heterocycles. The summed E-state index contributed by atoms with van der Waals surface area (Å²) in [7, 11) is 0. The quantitative estimate of drug-likeness (QED) is 0.690. The lowest BCUT2D eigenvalue weighted by molar-refractivity contribution is -0.152. The molecule has 2 saturated heterocycles. The van der Waals surface area contributed by atoms with E-state index in [0.29, 0.717) is 50.9 Å². The number of hydrogen-bond donors (Lipinski definition) is 0. The van der Waals surface area contributed by atoms with Crippen LogP contribution < -0.4 is 0 Å². The highest BCUT2D eigenvalue weighted by molar-refractivity contribution is 6.35. The van der Waals surface area contributed by atoms with Crippen LogP contribution in [0.15, 0.2) is 24.3 Å². The van der Waals surface area contributed by atoms with Crippen molar-refractivity contribution < 1.29 is 14.4 Å². The van der Waals surface area contributed by atoms with Gasteiger partial charge in [0.2, 0.25) is 0 Å². The summed E-state index contributed by atoms with van der Waals surface area (Å²) in [5.41, 5.74) is 1.86. The van der Waals surface area contributed by atoms with E-state index in [1.807, 2.05) is 24.3 Å². The van der Waals surface area contributed by atoms with Gasteiger partial charge in [0.25, 0.3) is 5.91 Å². The Morgan fingerprint density at radius 2 is 1.33 bits per heavy atom. The van der Waals surface area contributed by atoms with Crippen molar-refractivity contribution in [2.75, 3.05) is 45.8 Å². The second kappa shape index (κ2) is 10.1. The van der Waals surface area contributed by atoms with Crippen molar-refractivity contribution in [3.05, 3.63) is 35.4 Å². The molecule has 30 heavy (non-hydrogen) atoms. The van der Waals surface area contributed by atoms with Gasteiger partial charge in [-0.3, -0.25) is 19.3 Å². The van der Waals surface area contributed by atoms with Crippen molar-refractivity contribution >= 4 is 17.7 Å². The predicted molar refractivity (Wildman–Crippen MR) is 116 cm³/mol. The molecule has 0 aliphatic carbocycles. The normalized spacial score (nSPS) is 17.2. The van der Waals surface area contributed by atoms with Gasteiger partial charge in [-0.1, -0.05) is 19.1 Å². The van der Waals surface area contributed by atoms with E-state index in [1.54, 1.807) is 14.7 Å². The van der Waals surface area contributed by atoms with Gasteiger partial charge in [0.05, 0.1) is 0 Å². The molecule has 0 N–H and O–H groups in total. The summed E-state index contributed by atoms with van der Waals surface area (Å²) >= 11 is 0. The zero-order valence-electron chi connectivity index (χ0n) is 18.5. The van der Waals surface area contributed by atoms with Crippen molar-refractivity contribution in [3.63, 3.8) is 0 Å². The number of likely N-dealkylation sites (tertiary alicyclic amines) is 1. The molecule has 3 rings (SSSR count). The van der Waals surface area contributed by atoms with Crippen LogP contribution in [0.1, 0.15) is 49.5 Å². The fourth-order valence-electron chi connectivity index (χ4n) is 4.13. The molecule has 0 atom stereocenters. The molecule has 2 heterocycles. The average Bonchev–Trinajstić information content (AvgIpc) is 3.31. The summed E-state index contributed by atoms with van der Waals surface area (Å²) in [6.45, 7) is 11.4. The third-order valence-electron chi connectivity index (χ3n) is 6.15. The maximum Gasteiger partial charge on any atom is 0.312 e. The molecule has 0 radical (unpaired) electrons. The first-order valence-electron chi connectivity index (χ1n) is 11.1. The Labute approximate surface area is 179 Å². The Morgan fingerprint density at radius 3 is 1.83 bits per heavy atom. The summed E-state index contributed by atoms with van der Waals surface area (Å²) in [4.78, 5) is 45.0. The van der Waals surface area contributed by atoms with Crippen LogP contribution in [0.25, 0.3) is 0 Å². The minimum Gasteiger partial charge on any atom is -0.335 e. The molecule has 1 aromatic carbocycles. The van der Waals surface area contributed by atoms with Crippen LogP contribution in [0.4, 0.5) is 0 Å². The monoisotopic (exact) mass is 414 g/mol. The summed E-state index contributed by atoms with van der Waals surface area (Å²) < 4.78 is 0. The van der Waals surface area contributed by atoms with Crippen molar-refractivity contribution in [2.24, 2.45) is 0 Å². The summed E-state index contributed by atoms with van der Waals surface area (Å²) in [6.07, 6.45) is 1.93. The summed E-state index contributed by atoms with van der Waals surface area (Å²) in [5, 5.41) is 0. The van der Waals surface area contributed by atoms with Gasteiger partial charge in [-0.15, -0.1) is 0 Å². The molecular formula is C23H34N4O3. The second-order valence-corrected chi connectivity index (χ2v) is 8.44. The number of benzene rings is 1. The highest BCUT2D eigenvalue weighted by Gasteiger charge is 2.31. The Morgan fingerprint density at radius 1 is 0.833 bits per heavy atom. The minimum absolute atomic E-state index is 0.0178. The fourth-order valence-corrected chi connectivity index (χ4v) is 4.13. The highest BCUT2D eigenvalue weighted by Crippen LogP contribution is 2.14. The summed E-state index contributed by atoms with van der Waals surface area (Å²) in [6, 6.07) is 8.30. The zero-order chi connectivity index (χ0) is 21.7. The van der Waals surface area contributed by atoms with Gasteiger partial charge in [-0.25, -0.2) is 0 Å². The van der Waals surface area contributed by atoms with Crippen LogP contribution in [0.2, 0.25) is 0 Å². The van der Waals surface area contributed by atoms with Crippen molar-refractivity contribution in [1.29, 1.82) is 0 Å². The number of hydrogen-bond acceptors (Lipinski definition) is 4. The maximum atomic E-state index is 12.9. The smallest absolute Gasteiger partial charge is 0.312 e. The van der Waals surface area contributed by atoms with Gasteiger partial charge in [-0.2, -0.15) is 0 Å². The number of carbonyl (C=O) groups excluding carboxylic acids is 3. The predicted octanol–water partition coefficient (Wildman–Crippen LogP) is 1.82. The number of rotatable bonds is 5. The van der Waals surface area contributed by atoms with Crippen molar-refractivity contribution in [3.8, 4) is 0 Å². The number of carbonyl (C=O) groups is 3. The molecule has 2 fully saturated rings. The molecule has 2 aliphatic rings. The Hall–Kier alpha value is -2.41. The van der Waals surface area contributed by atoms with Crippen LogP contribution in [0.3, 0.4) is 0 Å². The Kier molecular flexibility index (Phi) is 7.48. The first kappa shape index (κ1) is 22.3. The molecule has 0 saturated carbocycles. The van der Waals surface area contributed by atoms with Gasteiger partial charge >= 0.3 is 11.8 Å². The summed E-state index contributed by atoms with van der Waals surface area (Å²) in [5.74, 6) is -0.847. The van der Waals surface area contributed by atoms with E-state index >= 15 is 0 Å². The molecule has 164 valence electrons.